The Kier molecular flexibility index (Phi) is 7.49. The van der Waals surface area contributed by atoms with Gasteiger partial charge in [-0.3, -0.25) is 4.90 Å². The van der Waals surface area contributed by atoms with Crippen LogP contribution in [-0.2, 0) is 0 Å². The average molecular weight is 284 g/mol. The van der Waals surface area contributed by atoms with E-state index in [0.29, 0.717) is 6.04 Å². The smallest absolute Gasteiger partial charge is 0.0613 e. The van der Waals surface area contributed by atoms with Crippen molar-refractivity contribution < 1.29 is 5.11 Å². The van der Waals surface area contributed by atoms with E-state index >= 15 is 0 Å². The Morgan fingerprint density at radius 2 is 2.00 bits per heavy atom. The lowest BCUT2D eigenvalue weighted by atomic mass is 9.90. The number of nitrogens with one attached hydrogen (secondary N) is 1. The fraction of sp³-hybridized carbons (Fsp3) is 1.00. The van der Waals surface area contributed by atoms with Crippen molar-refractivity contribution in [3.05, 3.63) is 0 Å². The highest BCUT2D eigenvalue weighted by atomic mass is 16.3. The number of hydrogen-bond acceptors (Lipinski definition) is 3. The number of aliphatic hydroxyl groups is 1. The Balaban J connectivity index is 2.47. The van der Waals surface area contributed by atoms with Crippen LogP contribution in [0.2, 0.25) is 0 Å². The van der Waals surface area contributed by atoms with E-state index in [2.05, 4.69) is 44.8 Å². The SMILES string of the molecule is CCC1CCC(C)N1CCCC(CC)(CO)NC(C)C. The van der Waals surface area contributed by atoms with Crippen LogP contribution >= 0.6 is 0 Å². The molecule has 120 valence electrons. The molecule has 0 bridgehead atoms. The Morgan fingerprint density at radius 1 is 1.30 bits per heavy atom. The molecule has 3 unspecified atom stereocenters. The molecule has 3 atom stereocenters. The molecule has 1 aliphatic heterocycles. The number of aliphatic hydroxyl groups excluding tert-OH is 1. The van der Waals surface area contributed by atoms with Crippen LogP contribution in [0.4, 0.5) is 0 Å². The molecule has 0 amide bonds. The Bertz CT molecular complexity index is 264. The zero-order chi connectivity index (χ0) is 15.2. The first-order chi connectivity index (χ1) is 9.48. The third-order valence-corrected chi connectivity index (χ3v) is 5.07. The van der Waals surface area contributed by atoms with Gasteiger partial charge in [0.2, 0.25) is 0 Å². The van der Waals surface area contributed by atoms with Gasteiger partial charge in [-0.1, -0.05) is 27.7 Å². The summed E-state index contributed by atoms with van der Waals surface area (Å²) in [6.45, 7) is 12.6. The largest absolute Gasteiger partial charge is 0.394 e. The molecule has 1 saturated heterocycles. The van der Waals surface area contributed by atoms with E-state index in [4.69, 9.17) is 0 Å². The summed E-state index contributed by atoms with van der Waals surface area (Å²) in [6.07, 6.45) is 7.22. The second kappa shape index (κ2) is 8.35. The first-order valence-electron chi connectivity index (χ1n) is 8.62. The third-order valence-electron chi connectivity index (χ3n) is 5.07. The zero-order valence-corrected chi connectivity index (χ0v) is 14.3. The lowest BCUT2D eigenvalue weighted by Gasteiger charge is -2.36. The summed E-state index contributed by atoms with van der Waals surface area (Å²) in [5.74, 6) is 0. The van der Waals surface area contributed by atoms with Gasteiger partial charge >= 0.3 is 0 Å². The fourth-order valence-electron chi connectivity index (χ4n) is 3.77. The molecule has 0 spiro atoms. The maximum absolute atomic E-state index is 9.79. The summed E-state index contributed by atoms with van der Waals surface area (Å²) in [4.78, 5) is 2.69. The van der Waals surface area contributed by atoms with Crippen molar-refractivity contribution in [3.8, 4) is 0 Å². The molecule has 0 saturated carbocycles. The van der Waals surface area contributed by atoms with E-state index in [1.54, 1.807) is 0 Å². The summed E-state index contributed by atoms with van der Waals surface area (Å²) in [5, 5.41) is 13.4. The van der Waals surface area contributed by atoms with Crippen molar-refractivity contribution in [3.63, 3.8) is 0 Å². The van der Waals surface area contributed by atoms with Crippen LogP contribution in [-0.4, -0.2) is 46.8 Å². The standard InChI is InChI=1S/C17H36N2O/c1-6-16-10-9-15(5)19(16)12-8-11-17(7-2,13-20)18-14(3)4/h14-16,18,20H,6-13H2,1-5H3. The molecule has 0 aromatic rings. The molecule has 1 aliphatic rings. The third kappa shape index (κ3) is 4.71. The van der Waals surface area contributed by atoms with Crippen LogP contribution in [0, 0.1) is 0 Å². The Labute approximate surface area is 126 Å². The minimum atomic E-state index is -0.0845. The molecule has 3 heteroatoms. The van der Waals surface area contributed by atoms with Crippen molar-refractivity contribution in [2.75, 3.05) is 13.2 Å². The van der Waals surface area contributed by atoms with Gasteiger partial charge < -0.3 is 10.4 Å². The van der Waals surface area contributed by atoms with Crippen LogP contribution in [0.3, 0.4) is 0 Å². The van der Waals surface area contributed by atoms with Crippen molar-refractivity contribution in [1.82, 2.24) is 10.2 Å². The summed E-state index contributed by atoms with van der Waals surface area (Å²) in [5.41, 5.74) is -0.0845. The molecule has 1 fully saturated rings. The molecular weight excluding hydrogens is 248 g/mol. The highest BCUT2D eigenvalue weighted by molar-refractivity contribution is 4.89. The normalized spacial score (nSPS) is 27.1. The van der Waals surface area contributed by atoms with Gasteiger partial charge in [-0.15, -0.1) is 0 Å². The highest BCUT2D eigenvalue weighted by Crippen LogP contribution is 2.27. The molecule has 0 aromatic carbocycles. The van der Waals surface area contributed by atoms with E-state index in [0.717, 1.165) is 24.9 Å². The van der Waals surface area contributed by atoms with Crippen LogP contribution in [0.1, 0.15) is 73.1 Å². The second-order valence-corrected chi connectivity index (χ2v) is 6.92. The van der Waals surface area contributed by atoms with Crippen molar-refractivity contribution >= 4 is 0 Å². The number of nitrogens with zero attached hydrogens (tertiary/aromatic N) is 1. The quantitative estimate of drug-likeness (QED) is 0.682. The van der Waals surface area contributed by atoms with Crippen LogP contribution in [0.25, 0.3) is 0 Å². The fourth-order valence-corrected chi connectivity index (χ4v) is 3.77. The van der Waals surface area contributed by atoms with Crippen molar-refractivity contribution in [2.45, 2.75) is 96.8 Å². The zero-order valence-electron chi connectivity index (χ0n) is 14.3. The number of hydrogen-bond donors (Lipinski definition) is 2. The monoisotopic (exact) mass is 284 g/mol. The van der Waals surface area contributed by atoms with E-state index in [1.165, 1.54) is 32.2 Å². The molecule has 0 radical (unpaired) electrons. The first kappa shape index (κ1) is 17.9. The molecule has 0 aliphatic carbocycles. The lowest BCUT2D eigenvalue weighted by molar-refractivity contribution is 0.123. The minimum absolute atomic E-state index is 0.0845. The van der Waals surface area contributed by atoms with E-state index in [-0.39, 0.29) is 12.1 Å². The molecular formula is C17H36N2O. The molecule has 20 heavy (non-hydrogen) atoms. The Hall–Kier alpha value is -0.120. The Morgan fingerprint density at radius 3 is 2.50 bits per heavy atom. The average Bonchev–Trinajstić information content (AvgIpc) is 2.78. The van der Waals surface area contributed by atoms with Gasteiger partial charge in [-0.25, -0.2) is 0 Å². The maximum Gasteiger partial charge on any atom is 0.0613 e. The molecule has 3 nitrogen and oxygen atoms in total. The summed E-state index contributed by atoms with van der Waals surface area (Å²) in [6, 6.07) is 1.95. The molecule has 2 N–H and O–H groups in total. The second-order valence-electron chi connectivity index (χ2n) is 6.92. The van der Waals surface area contributed by atoms with Crippen LogP contribution in [0.15, 0.2) is 0 Å². The van der Waals surface area contributed by atoms with E-state index in [9.17, 15) is 5.11 Å². The van der Waals surface area contributed by atoms with Gasteiger partial charge in [0.1, 0.15) is 0 Å². The molecule has 1 rings (SSSR count). The van der Waals surface area contributed by atoms with Crippen LogP contribution < -0.4 is 5.32 Å². The first-order valence-corrected chi connectivity index (χ1v) is 8.62. The number of rotatable bonds is 9. The van der Waals surface area contributed by atoms with Gasteiger partial charge in [0, 0.05) is 23.7 Å². The lowest BCUT2D eigenvalue weighted by Crippen LogP contribution is -2.51. The number of likely N-dealkylation sites (tertiary alicyclic amines) is 1. The topological polar surface area (TPSA) is 35.5 Å². The van der Waals surface area contributed by atoms with Gasteiger partial charge in [0.15, 0.2) is 0 Å². The van der Waals surface area contributed by atoms with Gasteiger partial charge in [0.05, 0.1) is 6.61 Å². The molecule has 1 heterocycles. The van der Waals surface area contributed by atoms with Gasteiger partial charge in [-0.05, 0) is 52.0 Å². The molecule has 0 aromatic heterocycles. The van der Waals surface area contributed by atoms with E-state index in [1.807, 2.05) is 0 Å². The van der Waals surface area contributed by atoms with Crippen molar-refractivity contribution in [1.29, 1.82) is 0 Å². The van der Waals surface area contributed by atoms with Gasteiger partial charge in [-0.2, -0.15) is 0 Å². The van der Waals surface area contributed by atoms with E-state index < -0.39 is 0 Å². The predicted octanol–water partition coefficient (Wildman–Crippen LogP) is 3.17. The summed E-state index contributed by atoms with van der Waals surface area (Å²) < 4.78 is 0. The predicted molar refractivity (Wildman–Crippen MR) is 87.1 cm³/mol. The minimum Gasteiger partial charge on any atom is -0.394 e. The summed E-state index contributed by atoms with van der Waals surface area (Å²) in [7, 11) is 0. The van der Waals surface area contributed by atoms with Gasteiger partial charge in [0.25, 0.3) is 0 Å². The van der Waals surface area contributed by atoms with Crippen LogP contribution in [0.5, 0.6) is 0 Å². The van der Waals surface area contributed by atoms with Crippen molar-refractivity contribution in [2.24, 2.45) is 0 Å². The highest BCUT2D eigenvalue weighted by Gasteiger charge is 2.31. The maximum atomic E-state index is 9.79. The summed E-state index contributed by atoms with van der Waals surface area (Å²) >= 11 is 0.